The van der Waals surface area contributed by atoms with E-state index in [9.17, 15) is 9.90 Å². The van der Waals surface area contributed by atoms with Gasteiger partial charge in [-0.15, -0.1) is 0 Å². The lowest BCUT2D eigenvalue weighted by Gasteiger charge is -2.36. The van der Waals surface area contributed by atoms with Gasteiger partial charge >= 0.3 is 5.97 Å². The second-order valence-electron chi connectivity index (χ2n) is 12.5. The lowest BCUT2D eigenvalue weighted by Crippen LogP contribution is -2.47. The van der Waals surface area contributed by atoms with Crippen LogP contribution in [0.4, 0.5) is 5.82 Å². The minimum Gasteiger partial charge on any atom is -0.488 e. The van der Waals surface area contributed by atoms with Crippen molar-refractivity contribution in [1.29, 1.82) is 0 Å². The van der Waals surface area contributed by atoms with Crippen molar-refractivity contribution in [2.75, 3.05) is 51.4 Å². The molecule has 4 heterocycles. The first kappa shape index (κ1) is 30.6. The second kappa shape index (κ2) is 13.7. The topological polar surface area (TPSA) is 84.4 Å². The van der Waals surface area contributed by atoms with Gasteiger partial charge in [-0.3, -0.25) is 9.69 Å². The van der Waals surface area contributed by atoms with Crippen LogP contribution in [0.3, 0.4) is 0 Å². The van der Waals surface area contributed by atoms with Crippen molar-refractivity contribution in [2.24, 2.45) is 5.92 Å². The number of methoxy groups -OCH3 is 1. The first-order valence-electron chi connectivity index (χ1n) is 16.0. The van der Waals surface area contributed by atoms with E-state index in [1.165, 1.54) is 22.3 Å². The van der Waals surface area contributed by atoms with Gasteiger partial charge in [0.2, 0.25) is 0 Å². The van der Waals surface area contributed by atoms with Gasteiger partial charge in [-0.05, 0) is 92.5 Å². The SMILES string of the molecule is CO[C@H]1CN(c2cccc(-c3cc(C)ccc3OCc3ccc4c(c3C)CCN(C3CCOCC3)CC4)n2)CC[C@H]1C(=O)O. The highest BCUT2D eigenvalue weighted by Crippen LogP contribution is 2.34. The number of aryl methyl sites for hydroxylation is 1. The van der Waals surface area contributed by atoms with Gasteiger partial charge in [0.25, 0.3) is 0 Å². The molecular formula is C36H45N3O5. The number of benzene rings is 2. The van der Waals surface area contributed by atoms with Crippen LogP contribution in [0.2, 0.25) is 0 Å². The van der Waals surface area contributed by atoms with Gasteiger partial charge in [0, 0.05) is 58.1 Å². The summed E-state index contributed by atoms with van der Waals surface area (Å²) in [4.78, 5) is 21.5. The number of carboxylic acids is 1. The maximum absolute atomic E-state index is 11.7. The standard InChI is InChI=1S/C36H45N3O5/c1-24-7-10-33(31(21-24)32-5-4-6-35(37-32)39-18-13-30(36(40)41)34(22-39)42-3)44-23-27-9-8-26-11-16-38(17-12-29(26)25(27)2)28-14-19-43-20-15-28/h4-10,21,28,30,34H,11-20,22-23H2,1-3H3,(H,40,41)/t30-,34+/m1/s1. The zero-order valence-electron chi connectivity index (χ0n) is 26.3. The summed E-state index contributed by atoms with van der Waals surface area (Å²) in [7, 11) is 1.58. The molecule has 3 aromatic rings. The number of aliphatic carboxylic acids is 1. The van der Waals surface area contributed by atoms with Crippen molar-refractivity contribution in [2.45, 2.75) is 64.7 Å². The fraction of sp³-hybridized carbons (Fsp3) is 0.500. The fourth-order valence-electron chi connectivity index (χ4n) is 7.17. The van der Waals surface area contributed by atoms with Crippen molar-refractivity contribution >= 4 is 11.8 Å². The first-order valence-corrected chi connectivity index (χ1v) is 16.0. The highest BCUT2D eigenvalue weighted by Gasteiger charge is 2.35. The third-order valence-corrected chi connectivity index (χ3v) is 9.86. The van der Waals surface area contributed by atoms with Crippen molar-refractivity contribution in [3.63, 3.8) is 0 Å². The van der Waals surface area contributed by atoms with Crippen LogP contribution in [0.5, 0.6) is 5.75 Å². The number of piperidine rings is 1. The fourth-order valence-corrected chi connectivity index (χ4v) is 7.17. The van der Waals surface area contributed by atoms with Gasteiger partial charge in [0.15, 0.2) is 0 Å². The van der Waals surface area contributed by atoms with E-state index in [2.05, 4.69) is 47.9 Å². The number of anilines is 1. The number of aromatic nitrogens is 1. The highest BCUT2D eigenvalue weighted by atomic mass is 16.5. The van der Waals surface area contributed by atoms with Gasteiger partial charge in [0.1, 0.15) is 18.2 Å². The molecule has 1 N–H and O–H groups in total. The van der Waals surface area contributed by atoms with Crippen molar-refractivity contribution in [1.82, 2.24) is 9.88 Å². The Morgan fingerprint density at radius 2 is 1.84 bits per heavy atom. The lowest BCUT2D eigenvalue weighted by atomic mass is 9.94. The summed E-state index contributed by atoms with van der Waals surface area (Å²) in [5.41, 5.74) is 8.46. The van der Waals surface area contributed by atoms with Gasteiger partial charge in [-0.1, -0.05) is 29.8 Å². The average molecular weight is 600 g/mol. The highest BCUT2D eigenvalue weighted by molar-refractivity contribution is 5.72. The number of rotatable bonds is 8. The molecular weight excluding hydrogens is 554 g/mol. The predicted octanol–water partition coefficient (Wildman–Crippen LogP) is 5.45. The number of fused-ring (bicyclic) bond motifs is 1. The molecule has 0 unspecified atom stereocenters. The van der Waals surface area contributed by atoms with Crippen LogP contribution in [-0.2, 0) is 33.7 Å². The van der Waals surface area contributed by atoms with E-state index in [1.807, 2.05) is 24.3 Å². The van der Waals surface area contributed by atoms with E-state index in [1.54, 1.807) is 7.11 Å². The van der Waals surface area contributed by atoms with E-state index in [0.29, 0.717) is 32.2 Å². The summed E-state index contributed by atoms with van der Waals surface area (Å²) in [6, 6.07) is 17.5. The largest absolute Gasteiger partial charge is 0.488 e. The van der Waals surface area contributed by atoms with E-state index in [4.69, 9.17) is 19.2 Å². The summed E-state index contributed by atoms with van der Waals surface area (Å²) >= 11 is 0. The number of hydrogen-bond acceptors (Lipinski definition) is 7. The van der Waals surface area contributed by atoms with E-state index < -0.39 is 11.9 Å². The van der Waals surface area contributed by atoms with E-state index in [0.717, 1.165) is 80.4 Å². The van der Waals surface area contributed by atoms with Crippen LogP contribution >= 0.6 is 0 Å². The summed E-state index contributed by atoms with van der Waals surface area (Å²) in [5, 5.41) is 9.59. The maximum atomic E-state index is 11.7. The summed E-state index contributed by atoms with van der Waals surface area (Å²) < 4.78 is 17.7. The zero-order chi connectivity index (χ0) is 30.6. The molecule has 0 radical (unpaired) electrons. The molecule has 2 saturated heterocycles. The molecule has 0 saturated carbocycles. The number of nitrogens with zero attached hydrogens (tertiary/aromatic N) is 3. The molecule has 0 bridgehead atoms. The zero-order valence-corrected chi connectivity index (χ0v) is 26.3. The Kier molecular flexibility index (Phi) is 9.50. The number of ether oxygens (including phenoxy) is 3. The van der Waals surface area contributed by atoms with Crippen LogP contribution < -0.4 is 9.64 Å². The predicted molar refractivity (Wildman–Crippen MR) is 171 cm³/mol. The molecule has 44 heavy (non-hydrogen) atoms. The molecule has 8 nitrogen and oxygen atoms in total. The summed E-state index contributed by atoms with van der Waals surface area (Å²) in [5.74, 6) is 0.317. The van der Waals surface area contributed by atoms with Gasteiger partial charge < -0.3 is 24.2 Å². The van der Waals surface area contributed by atoms with Crippen LogP contribution in [0.25, 0.3) is 11.3 Å². The van der Waals surface area contributed by atoms with Gasteiger partial charge in [0.05, 0.1) is 17.7 Å². The van der Waals surface area contributed by atoms with Crippen molar-refractivity contribution in [3.8, 4) is 17.0 Å². The van der Waals surface area contributed by atoms with Crippen LogP contribution in [0.1, 0.15) is 47.1 Å². The third-order valence-electron chi connectivity index (χ3n) is 9.86. The molecule has 3 aliphatic rings. The number of carboxylic acid groups (broad SMARTS) is 1. The normalized spacial score (nSPS) is 21.5. The molecule has 0 spiro atoms. The molecule has 0 amide bonds. The van der Waals surface area contributed by atoms with E-state index >= 15 is 0 Å². The van der Waals surface area contributed by atoms with Crippen LogP contribution in [-0.4, -0.2) is 79.6 Å². The molecule has 6 rings (SSSR count). The molecule has 2 aromatic carbocycles. The molecule has 1 aromatic heterocycles. The Morgan fingerprint density at radius 1 is 1.02 bits per heavy atom. The Hall–Kier alpha value is -3.46. The molecule has 2 atom stereocenters. The van der Waals surface area contributed by atoms with Gasteiger partial charge in [-0.25, -0.2) is 4.98 Å². The number of carbonyl (C=O) groups is 1. The molecule has 8 heteroatoms. The van der Waals surface area contributed by atoms with Crippen molar-refractivity contribution < 1.29 is 24.1 Å². The summed E-state index contributed by atoms with van der Waals surface area (Å²) in [6.45, 7) is 9.93. The van der Waals surface area contributed by atoms with E-state index in [-0.39, 0.29) is 6.10 Å². The second-order valence-corrected chi connectivity index (χ2v) is 12.5. The quantitative estimate of drug-likeness (QED) is 0.366. The average Bonchev–Trinajstić information content (AvgIpc) is 3.28. The summed E-state index contributed by atoms with van der Waals surface area (Å²) in [6.07, 6.45) is 4.60. The van der Waals surface area contributed by atoms with Gasteiger partial charge in [-0.2, -0.15) is 0 Å². The Balaban J connectivity index is 1.18. The van der Waals surface area contributed by atoms with Crippen LogP contribution in [0.15, 0.2) is 48.5 Å². The minimum atomic E-state index is -0.804. The first-order chi connectivity index (χ1) is 21.4. The Bertz CT molecular complexity index is 1470. The van der Waals surface area contributed by atoms with Crippen molar-refractivity contribution in [3.05, 3.63) is 76.3 Å². The lowest BCUT2D eigenvalue weighted by molar-refractivity contribution is -0.147. The number of hydrogen-bond donors (Lipinski definition) is 1. The van der Waals surface area contributed by atoms with Crippen LogP contribution in [0, 0.1) is 19.8 Å². The molecule has 234 valence electrons. The molecule has 2 fully saturated rings. The number of pyridine rings is 1. The monoisotopic (exact) mass is 599 g/mol. The minimum absolute atomic E-state index is 0.376. The smallest absolute Gasteiger partial charge is 0.309 e. The Labute approximate surface area is 260 Å². The molecule has 0 aliphatic carbocycles. The maximum Gasteiger partial charge on any atom is 0.309 e. The Morgan fingerprint density at radius 3 is 2.64 bits per heavy atom. The molecule has 3 aliphatic heterocycles. The third kappa shape index (κ3) is 6.63.